The molecule has 2 aliphatic rings. The zero-order valence-corrected chi connectivity index (χ0v) is 11.4. The summed E-state index contributed by atoms with van der Waals surface area (Å²) in [5.41, 5.74) is 3.08. The van der Waals surface area contributed by atoms with Crippen LogP contribution in [-0.4, -0.2) is 10.1 Å². The van der Waals surface area contributed by atoms with Gasteiger partial charge in [0.1, 0.15) is 0 Å². The van der Waals surface area contributed by atoms with Crippen molar-refractivity contribution in [2.24, 2.45) is 17.8 Å². The second kappa shape index (κ2) is 4.65. The van der Waals surface area contributed by atoms with E-state index in [0.29, 0.717) is 0 Å². The molecule has 3 rings (SSSR count). The summed E-state index contributed by atoms with van der Waals surface area (Å²) in [4.78, 5) is 4.38. The number of aromatic nitrogens is 1. The third kappa shape index (κ3) is 2.31. The number of nitrogens with zero attached hydrogens (tertiary/aromatic N) is 1. The van der Waals surface area contributed by atoms with Gasteiger partial charge < -0.3 is 5.11 Å². The van der Waals surface area contributed by atoms with Crippen LogP contribution in [0.1, 0.15) is 55.2 Å². The lowest BCUT2D eigenvalue weighted by Crippen LogP contribution is -2.14. The van der Waals surface area contributed by atoms with Crippen molar-refractivity contribution in [2.45, 2.75) is 52.1 Å². The van der Waals surface area contributed by atoms with Crippen LogP contribution in [0.5, 0.6) is 0 Å². The van der Waals surface area contributed by atoms with Crippen LogP contribution in [0.2, 0.25) is 0 Å². The minimum atomic E-state index is -0.297. The summed E-state index contributed by atoms with van der Waals surface area (Å²) in [5, 5.41) is 10.4. The monoisotopic (exact) mass is 245 g/mol. The standard InChI is InChI=1S/C16H23NO/c1-10-5-15(6-11(2)17-10)16(18)9-14-8-12-3-4-13(14)7-12/h5-6,12-14,16,18H,3-4,7-9H2,1-2H3. The van der Waals surface area contributed by atoms with Crippen molar-refractivity contribution in [3.8, 4) is 0 Å². The van der Waals surface area contributed by atoms with Gasteiger partial charge in [-0.1, -0.05) is 6.42 Å². The Hall–Kier alpha value is -0.890. The molecule has 1 heterocycles. The Morgan fingerprint density at radius 2 is 1.94 bits per heavy atom. The molecule has 1 aromatic heterocycles. The molecule has 0 aliphatic heterocycles. The first-order chi connectivity index (χ1) is 8.61. The Morgan fingerprint density at radius 3 is 2.50 bits per heavy atom. The van der Waals surface area contributed by atoms with Crippen LogP contribution >= 0.6 is 0 Å². The molecule has 0 amide bonds. The van der Waals surface area contributed by atoms with Gasteiger partial charge in [-0.2, -0.15) is 0 Å². The van der Waals surface area contributed by atoms with Gasteiger partial charge in [0, 0.05) is 11.4 Å². The number of hydrogen-bond acceptors (Lipinski definition) is 2. The number of hydrogen-bond donors (Lipinski definition) is 1. The highest BCUT2D eigenvalue weighted by molar-refractivity contribution is 5.22. The van der Waals surface area contributed by atoms with E-state index in [1.165, 1.54) is 25.7 Å². The van der Waals surface area contributed by atoms with Crippen molar-refractivity contribution in [3.05, 3.63) is 29.1 Å². The molecular weight excluding hydrogens is 222 g/mol. The summed E-state index contributed by atoms with van der Waals surface area (Å²) in [6.07, 6.45) is 6.26. The van der Waals surface area contributed by atoms with E-state index < -0.39 is 0 Å². The van der Waals surface area contributed by atoms with Crippen LogP contribution in [-0.2, 0) is 0 Å². The number of rotatable bonds is 3. The minimum absolute atomic E-state index is 0.297. The summed E-state index contributed by atoms with van der Waals surface area (Å²) < 4.78 is 0. The van der Waals surface area contributed by atoms with E-state index in [0.717, 1.165) is 41.1 Å². The van der Waals surface area contributed by atoms with Gasteiger partial charge in [0.15, 0.2) is 0 Å². The SMILES string of the molecule is Cc1cc(C(O)CC2CC3CCC2C3)cc(C)n1. The predicted molar refractivity (Wildman–Crippen MR) is 72.2 cm³/mol. The molecule has 2 bridgehead atoms. The molecule has 1 N–H and O–H groups in total. The summed E-state index contributed by atoms with van der Waals surface area (Å²) in [6.45, 7) is 4.00. The zero-order chi connectivity index (χ0) is 12.7. The van der Waals surface area contributed by atoms with E-state index in [2.05, 4.69) is 4.98 Å². The molecule has 0 saturated heterocycles. The fourth-order valence-electron chi connectivity index (χ4n) is 4.15. The molecule has 98 valence electrons. The van der Waals surface area contributed by atoms with Crippen molar-refractivity contribution in [1.29, 1.82) is 0 Å². The second-order valence-electron chi connectivity index (χ2n) is 6.37. The number of aliphatic hydroxyl groups excluding tert-OH is 1. The molecule has 2 nitrogen and oxygen atoms in total. The van der Waals surface area contributed by atoms with Crippen LogP contribution in [0.3, 0.4) is 0 Å². The van der Waals surface area contributed by atoms with Crippen molar-refractivity contribution in [1.82, 2.24) is 4.98 Å². The maximum absolute atomic E-state index is 10.4. The van der Waals surface area contributed by atoms with Crippen molar-refractivity contribution >= 4 is 0 Å². The first-order valence-electron chi connectivity index (χ1n) is 7.25. The first-order valence-corrected chi connectivity index (χ1v) is 7.25. The van der Waals surface area contributed by atoms with Crippen molar-refractivity contribution in [3.63, 3.8) is 0 Å². The fraction of sp³-hybridized carbons (Fsp3) is 0.688. The van der Waals surface area contributed by atoms with Gasteiger partial charge in [-0.25, -0.2) is 0 Å². The maximum atomic E-state index is 10.4. The van der Waals surface area contributed by atoms with Crippen LogP contribution < -0.4 is 0 Å². The summed E-state index contributed by atoms with van der Waals surface area (Å²) in [7, 11) is 0. The molecule has 4 unspecified atom stereocenters. The Bertz CT molecular complexity index is 422. The molecule has 18 heavy (non-hydrogen) atoms. The first kappa shape index (κ1) is 12.2. The smallest absolute Gasteiger partial charge is 0.0794 e. The van der Waals surface area contributed by atoms with Crippen molar-refractivity contribution < 1.29 is 5.11 Å². The Kier molecular flexibility index (Phi) is 3.14. The molecule has 4 atom stereocenters. The molecule has 0 aromatic carbocycles. The third-order valence-electron chi connectivity index (χ3n) is 4.90. The summed E-state index contributed by atoms with van der Waals surface area (Å²) in [5.74, 6) is 2.62. The van der Waals surface area contributed by atoms with Gasteiger partial charge in [-0.05, 0) is 75.0 Å². The van der Waals surface area contributed by atoms with E-state index >= 15 is 0 Å². The number of pyridine rings is 1. The summed E-state index contributed by atoms with van der Waals surface area (Å²) in [6, 6.07) is 4.07. The predicted octanol–water partition coefficient (Wildman–Crippen LogP) is 3.56. The molecular formula is C16H23NO. The Labute approximate surface area is 109 Å². The average molecular weight is 245 g/mol. The lowest BCUT2D eigenvalue weighted by molar-refractivity contribution is 0.125. The van der Waals surface area contributed by atoms with Crippen molar-refractivity contribution in [2.75, 3.05) is 0 Å². The van der Waals surface area contributed by atoms with Crippen LogP contribution in [0, 0.1) is 31.6 Å². The highest BCUT2D eigenvalue weighted by Gasteiger charge is 2.40. The Balaban J connectivity index is 1.69. The maximum Gasteiger partial charge on any atom is 0.0794 e. The topological polar surface area (TPSA) is 33.1 Å². The molecule has 2 heteroatoms. The van der Waals surface area contributed by atoms with Gasteiger partial charge in [0.25, 0.3) is 0 Å². The Morgan fingerprint density at radius 1 is 1.22 bits per heavy atom. The highest BCUT2D eigenvalue weighted by Crippen LogP contribution is 2.50. The van der Waals surface area contributed by atoms with Crippen LogP contribution in [0.15, 0.2) is 12.1 Å². The normalized spacial score (nSPS) is 31.8. The molecule has 2 aliphatic carbocycles. The lowest BCUT2D eigenvalue weighted by atomic mass is 9.83. The third-order valence-corrected chi connectivity index (χ3v) is 4.90. The van der Waals surface area contributed by atoms with Gasteiger partial charge in [-0.15, -0.1) is 0 Å². The summed E-state index contributed by atoms with van der Waals surface area (Å²) >= 11 is 0. The van der Waals surface area contributed by atoms with E-state index in [1.54, 1.807) is 0 Å². The molecule has 0 spiro atoms. The van der Waals surface area contributed by atoms with Gasteiger partial charge in [0.2, 0.25) is 0 Å². The quantitative estimate of drug-likeness (QED) is 0.883. The largest absolute Gasteiger partial charge is 0.388 e. The fourth-order valence-corrected chi connectivity index (χ4v) is 4.15. The van der Waals surface area contributed by atoms with E-state index in [1.807, 2.05) is 26.0 Å². The number of aryl methyl sites for hydroxylation is 2. The molecule has 2 fully saturated rings. The highest BCUT2D eigenvalue weighted by atomic mass is 16.3. The van der Waals surface area contributed by atoms with Gasteiger partial charge in [0.05, 0.1) is 6.10 Å². The van der Waals surface area contributed by atoms with E-state index in [4.69, 9.17) is 0 Å². The van der Waals surface area contributed by atoms with E-state index in [-0.39, 0.29) is 6.10 Å². The number of fused-ring (bicyclic) bond motifs is 2. The lowest BCUT2D eigenvalue weighted by Gasteiger charge is -2.24. The van der Waals surface area contributed by atoms with Crippen LogP contribution in [0.4, 0.5) is 0 Å². The molecule has 2 saturated carbocycles. The zero-order valence-electron chi connectivity index (χ0n) is 11.4. The van der Waals surface area contributed by atoms with Crippen LogP contribution in [0.25, 0.3) is 0 Å². The molecule has 1 aromatic rings. The van der Waals surface area contributed by atoms with E-state index in [9.17, 15) is 5.11 Å². The minimum Gasteiger partial charge on any atom is -0.388 e. The van der Waals surface area contributed by atoms with Gasteiger partial charge in [-0.3, -0.25) is 4.98 Å². The molecule has 0 radical (unpaired) electrons. The van der Waals surface area contributed by atoms with Gasteiger partial charge >= 0.3 is 0 Å². The second-order valence-corrected chi connectivity index (χ2v) is 6.37. The number of aliphatic hydroxyl groups is 1. The average Bonchev–Trinajstić information content (AvgIpc) is 2.89.